The van der Waals surface area contributed by atoms with E-state index in [2.05, 4.69) is 57.8 Å². The van der Waals surface area contributed by atoms with Crippen molar-refractivity contribution in [2.75, 3.05) is 39.8 Å². The second-order valence-corrected chi connectivity index (χ2v) is 7.88. The van der Waals surface area contributed by atoms with Gasteiger partial charge in [-0.1, -0.05) is 35.9 Å². The number of rotatable bonds is 4. The maximum atomic E-state index is 12.7. The van der Waals surface area contributed by atoms with Crippen molar-refractivity contribution < 1.29 is 9.59 Å². The number of amides is 3. The molecule has 0 radical (unpaired) electrons. The van der Waals surface area contributed by atoms with Crippen LogP contribution < -0.4 is 5.32 Å². The van der Waals surface area contributed by atoms with E-state index in [-0.39, 0.29) is 5.91 Å². The summed E-state index contributed by atoms with van der Waals surface area (Å²) in [6, 6.07) is 7.40. The molecular weight excluding hydrogens is 368 g/mol. The second kappa shape index (κ2) is 7.87. The van der Waals surface area contributed by atoms with Crippen LogP contribution in [0.15, 0.2) is 41.9 Å². The number of fused-ring (bicyclic) bond motifs is 1. The van der Waals surface area contributed by atoms with E-state index in [1.54, 1.807) is 7.05 Å². The lowest BCUT2D eigenvalue weighted by Gasteiger charge is -2.40. The highest BCUT2D eigenvalue weighted by molar-refractivity contribution is 6.03. The van der Waals surface area contributed by atoms with Gasteiger partial charge in [0.05, 0.1) is 0 Å². The topological polar surface area (TPSA) is 71.5 Å². The molecule has 4 rings (SSSR count). The Kier molecular flexibility index (Phi) is 5.27. The summed E-state index contributed by atoms with van der Waals surface area (Å²) in [5.41, 5.74) is 2.31. The summed E-state index contributed by atoms with van der Waals surface area (Å²) in [5, 5.41) is 2.47. The molecule has 29 heavy (non-hydrogen) atoms. The predicted molar refractivity (Wildman–Crippen MR) is 111 cm³/mol. The number of nitrogens with one attached hydrogen (secondary N) is 1. The zero-order valence-corrected chi connectivity index (χ0v) is 17.0. The number of carbonyl (C=O) groups is 2. The highest BCUT2D eigenvalue weighted by Crippen LogP contribution is 2.27. The first-order valence-corrected chi connectivity index (χ1v) is 10.0. The van der Waals surface area contributed by atoms with Gasteiger partial charge in [0, 0.05) is 46.3 Å². The molecule has 0 aliphatic carbocycles. The number of aryl methyl sites for hydroxylation is 1. The van der Waals surface area contributed by atoms with Gasteiger partial charge >= 0.3 is 6.03 Å². The van der Waals surface area contributed by atoms with Gasteiger partial charge in [-0.3, -0.25) is 15.0 Å². The van der Waals surface area contributed by atoms with E-state index < -0.39 is 18.2 Å². The van der Waals surface area contributed by atoms with Crippen molar-refractivity contribution in [2.24, 2.45) is 4.99 Å². The summed E-state index contributed by atoms with van der Waals surface area (Å²) in [6.45, 7) is 10.8. The van der Waals surface area contributed by atoms with Gasteiger partial charge in [0.2, 0.25) is 0 Å². The van der Waals surface area contributed by atoms with Crippen LogP contribution in [0, 0.1) is 6.92 Å². The highest BCUT2D eigenvalue weighted by atomic mass is 16.2. The number of aliphatic imine (C=N–C) groups is 1. The van der Waals surface area contributed by atoms with Crippen LogP contribution in [0.25, 0.3) is 0 Å². The Morgan fingerprint density at radius 3 is 2.52 bits per heavy atom. The van der Waals surface area contributed by atoms with Gasteiger partial charge in [0.1, 0.15) is 0 Å². The molecule has 3 heterocycles. The number of hydrogen-bond acceptors (Lipinski definition) is 6. The molecule has 154 valence electrons. The average Bonchev–Trinajstić information content (AvgIpc) is 3.09. The first kappa shape index (κ1) is 19.4. The Labute approximate surface area is 171 Å². The molecule has 0 aromatic heterocycles. The highest BCUT2D eigenvalue weighted by Gasteiger charge is 2.49. The van der Waals surface area contributed by atoms with Crippen LogP contribution in [0.4, 0.5) is 4.79 Å². The van der Waals surface area contributed by atoms with Crippen molar-refractivity contribution in [3.63, 3.8) is 0 Å². The van der Waals surface area contributed by atoms with E-state index in [1.165, 1.54) is 10.5 Å². The summed E-state index contributed by atoms with van der Waals surface area (Å²) in [5.74, 6) is 0.518. The molecule has 0 spiro atoms. The molecular formula is C21H28N6O2. The molecule has 1 aromatic carbocycles. The Morgan fingerprint density at radius 1 is 1.17 bits per heavy atom. The average molecular weight is 396 g/mol. The van der Waals surface area contributed by atoms with Gasteiger partial charge in [-0.05, 0) is 12.5 Å². The van der Waals surface area contributed by atoms with Gasteiger partial charge < -0.3 is 14.7 Å². The molecule has 0 saturated carbocycles. The number of likely N-dealkylation sites (N-methyl/N-ethyl adjacent to an activating group) is 1. The van der Waals surface area contributed by atoms with Crippen LogP contribution in [-0.2, 0) is 11.3 Å². The summed E-state index contributed by atoms with van der Waals surface area (Å²) < 4.78 is 0. The molecule has 8 heteroatoms. The maximum Gasteiger partial charge on any atom is 0.325 e. The molecule has 3 amide bonds. The third-order valence-electron chi connectivity index (χ3n) is 5.85. The molecule has 2 atom stereocenters. The molecule has 8 nitrogen and oxygen atoms in total. The quantitative estimate of drug-likeness (QED) is 0.764. The van der Waals surface area contributed by atoms with Gasteiger partial charge in [-0.2, -0.15) is 0 Å². The Bertz CT molecular complexity index is 828. The fourth-order valence-corrected chi connectivity index (χ4v) is 4.15. The van der Waals surface area contributed by atoms with Gasteiger partial charge in [-0.15, -0.1) is 6.58 Å². The number of urea groups is 1. The van der Waals surface area contributed by atoms with Crippen molar-refractivity contribution in [1.82, 2.24) is 24.9 Å². The van der Waals surface area contributed by atoms with E-state index in [9.17, 15) is 9.59 Å². The molecule has 1 aromatic rings. The van der Waals surface area contributed by atoms with Crippen LogP contribution in [-0.4, -0.2) is 89.5 Å². The minimum absolute atomic E-state index is 0.283. The van der Waals surface area contributed by atoms with E-state index in [0.717, 1.165) is 44.2 Å². The number of benzene rings is 1. The summed E-state index contributed by atoms with van der Waals surface area (Å²) in [7, 11) is 1.69. The largest absolute Gasteiger partial charge is 0.340 e. The number of imide groups is 1. The zero-order valence-electron chi connectivity index (χ0n) is 17.0. The SMILES string of the molecule is C=CCN1CCN(C2=NC3C(C(=O)NC(=O)N3C)N2Cc2ccc(C)cc2)CC1. The second-order valence-electron chi connectivity index (χ2n) is 7.88. The fourth-order valence-electron chi connectivity index (χ4n) is 4.15. The van der Waals surface area contributed by atoms with Crippen LogP contribution in [0.1, 0.15) is 11.1 Å². The zero-order chi connectivity index (χ0) is 20.5. The van der Waals surface area contributed by atoms with E-state index in [4.69, 9.17) is 4.99 Å². The van der Waals surface area contributed by atoms with Gasteiger partial charge in [0.15, 0.2) is 18.2 Å². The van der Waals surface area contributed by atoms with Crippen molar-refractivity contribution in [3.8, 4) is 0 Å². The molecule has 1 N–H and O–H groups in total. The number of piperazine rings is 1. The number of hydrogen-bond donors (Lipinski definition) is 1. The van der Waals surface area contributed by atoms with Crippen LogP contribution in [0.3, 0.4) is 0 Å². The van der Waals surface area contributed by atoms with Gasteiger partial charge in [-0.25, -0.2) is 9.79 Å². The van der Waals surface area contributed by atoms with E-state index in [0.29, 0.717) is 6.54 Å². The normalized spacial score (nSPS) is 25.0. The minimum atomic E-state index is -0.514. The molecule has 2 fully saturated rings. The lowest BCUT2D eigenvalue weighted by atomic mass is 10.1. The Morgan fingerprint density at radius 2 is 1.86 bits per heavy atom. The number of carbonyl (C=O) groups excluding carboxylic acids is 2. The molecule has 0 bridgehead atoms. The Balaban J connectivity index is 1.60. The lowest BCUT2D eigenvalue weighted by molar-refractivity contribution is -0.127. The maximum absolute atomic E-state index is 12.7. The summed E-state index contributed by atoms with van der Waals surface area (Å²) in [4.78, 5) is 37.9. The van der Waals surface area contributed by atoms with E-state index >= 15 is 0 Å². The van der Waals surface area contributed by atoms with Crippen LogP contribution in [0.5, 0.6) is 0 Å². The summed E-state index contributed by atoms with van der Waals surface area (Å²) >= 11 is 0. The van der Waals surface area contributed by atoms with Crippen LogP contribution >= 0.6 is 0 Å². The molecule has 2 unspecified atom stereocenters. The smallest absolute Gasteiger partial charge is 0.325 e. The van der Waals surface area contributed by atoms with Gasteiger partial charge in [0.25, 0.3) is 5.91 Å². The lowest BCUT2D eigenvalue weighted by Crippen LogP contribution is -2.64. The molecule has 3 aliphatic heterocycles. The van der Waals surface area contributed by atoms with E-state index in [1.807, 2.05) is 6.08 Å². The molecule has 2 saturated heterocycles. The standard InChI is InChI=1S/C21H28N6O2/c1-4-9-25-10-12-26(13-11-25)20-22-18-17(19(28)23-21(29)24(18)3)27(20)14-16-7-5-15(2)6-8-16/h4-8,17-18H,1,9-14H2,2-3H3,(H,23,28,29). The van der Waals surface area contributed by atoms with Crippen molar-refractivity contribution in [2.45, 2.75) is 25.7 Å². The predicted octanol–water partition coefficient (Wildman–Crippen LogP) is 0.847. The first-order chi connectivity index (χ1) is 14.0. The molecule has 3 aliphatic rings. The van der Waals surface area contributed by atoms with Crippen LogP contribution in [0.2, 0.25) is 0 Å². The first-order valence-electron chi connectivity index (χ1n) is 10.0. The third kappa shape index (κ3) is 3.72. The Hall–Kier alpha value is -2.87. The monoisotopic (exact) mass is 396 g/mol. The minimum Gasteiger partial charge on any atom is -0.340 e. The summed E-state index contributed by atoms with van der Waals surface area (Å²) in [6.07, 6.45) is 1.43. The fraction of sp³-hybridized carbons (Fsp3) is 0.476. The van der Waals surface area contributed by atoms with Crippen molar-refractivity contribution in [1.29, 1.82) is 0 Å². The van der Waals surface area contributed by atoms with Crippen molar-refractivity contribution in [3.05, 3.63) is 48.0 Å². The number of nitrogens with zero attached hydrogens (tertiary/aromatic N) is 5. The third-order valence-corrected chi connectivity index (χ3v) is 5.85. The number of guanidine groups is 1. The van der Waals surface area contributed by atoms with Crippen molar-refractivity contribution >= 4 is 17.9 Å².